The fourth-order valence-corrected chi connectivity index (χ4v) is 2.10. The van der Waals surface area contributed by atoms with Crippen LogP contribution < -0.4 is 9.67 Å². The highest BCUT2D eigenvalue weighted by Gasteiger charge is 2.18. The van der Waals surface area contributed by atoms with E-state index in [-0.39, 0.29) is 5.75 Å². The van der Waals surface area contributed by atoms with E-state index in [1.165, 1.54) is 0 Å². The van der Waals surface area contributed by atoms with Gasteiger partial charge in [0.15, 0.2) is 12.7 Å². The summed E-state index contributed by atoms with van der Waals surface area (Å²) in [5.41, 5.74) is 0. The molecule has 2 nitrogen and oxygen atoms in total. The van der Waals surface area contributed by atoms with Crippen LogP contribution in [0.4, 0.5) is 0 Å². The molecule has 1 aromatic rings. The van der Waals surface area contributed by atoms with Crippen molar-refractivity contribution in [3.8, 4) is 5.75 Å². The van der Waals surface area contributed by atoms with Crippen LogP contribution in [0, 0.1) is 0 Å². The number of hydrogen-bond acceptors (Lipinski definition) is 2. The molecule has 1 aromatic heterocycles. The van der Waals surface area contributed by atoms with Crippen molar-refractivity contribution >= 4 is 11.8 Å². The molecule has 2 heterocycles. The highest BCUT2D eigenvalue weighted by molar-refractivity contribution is 7.99. The minimum absolute atomic E-state index is 0.157. The van der Waals surface area contributed by atoms with Crippen molar-refractivity contribution in [3.63, 3.8) is 0 Å². The molecule has 0 radical (unpaired) electrons. The maximum absolute atomic E-state index is 11.1. The Morgan fingerprint density at radius 1 is 1.60 bits per heavy atom. The number of nitrogens with zero attached hydrogens (tertiary/aromatic N) is 1. The molecule has 3 heteroatoms. The molecule has 10 heavy (non-hydrogen) atoms. The van der Waals surface area contributed by atoms with Gasteiger partial charge in [-0.25, -0.2) is 0 Å². The van der Waals surface area contributed by atoms with Crippen LogP contribution in [0.5, 0.6) is 5.75 Å². The second-order valence-corrected chi connectivity index (χ2v) is 3.30. The van der Waals surface area contributed by atoms with Gasteiger partial charge in [-0.15, -0.1) is 0 Å². The predicted molar refractivity (Wildman–Crippen MR) is 36.8 cm³/mol. The molecule has 0 aliphatic carbocycles. The standard InChI is InChI=1S/C7H7NOS/c9-6-2-1-3-8-4-5-10-7(6)8/h1-3H,4-5H2. The van der Waals surface area contributed by atoms with Gasteiger partial charge in [-0.05, 0) is 5.75 Å². The average molecular weight is 153 g/mol. The topological polar surface area (TPSA) is 26.9 Å². The maximum Gasteiger partial charge on any atom is 0.232 e. The van der Waals surface area contributed by atoms with Gasteiger partial charge in [0.05, 0.1) is 5.75 Å². The molecule has 0 saturated heterocycles. The summed E-state index contributed by atoms with van der Waals surface area (Å²) in [5.74, 6) is 1.20. The molecule has 0 fully saturated rings. The van der Waals surface area contributed by atoms with Crippen LogP contribution in [0.3, 0.4) is 0 Å². The molecule has 0 spiro atoms. The van der Waals surface area contributed by atoms with Gasteiger partial charge in [0.25, 0.3) is 0 Å². The van der Waals surface area contributed by atoms with E-state index in [0.29, 0.717) is 0 Å². The van der Waals surface area contributed by atoms with Crippen molar-refractivity contribution in [2.24, 2.45) is 0 Å². The van der Waals surface area contributed by atoms with E-state index >= 15 is 0 Å². The van der Waals surface area contributed by atoms with E-state index in [1.54, 1.807) is 23.9 Å². The van der Waals surface area contributed by atoms with Crippen molar-refractivity contribution < 1.29 is 9.67 Å². The average Bonchev–Trinajstić information content (AvgIpc) is 2.36. The third-order valence-corrected chi connectivity index (χ3v) is 2.65. The Balaban J connectivity index is 2.59. The summed E-state index contributed by atoms with van der Waals surface area (Å²) in [6.45, 7) is 0.982. The smallest absolute Gasteiger partial charge is 0.232 e. The Morgan fingerprint density at radius 2 is 2.50 bits per heavy atom. The van der Waals surface area contributed by atoms with Crippen molar-refractivity contribution in [1.82, 2.24) is 0 Å². The van der Waals surface area contributed by atoms with Crippen LogP contribution in [-0.4, -0.2) is 5.75 Å². The second kappa shape index (κ2) is 2.16. The highest BCUT2D eigenvalue weighted by Crippen LogP contribution is 2.25. The molecule has 0 aromatic carbocycles. The van der Waals surface area contributed by atoms with E-state index in [4.69, 9.17) is 0 Å². The zero-order chi connectivity index (χ0) is 6.97. The molecule has 1 aliphatic rings. The first-order valence-corrected chi connectivity index (χ1v) is 4.19. The summed E-state index contributed by atoms with van der Waals surface area (Å²) in [6.07, 6.45) is 1.96. The van der Waals surface area contributed by atoms with Gasteiger partial charge in [0, 0.05) is 6.07 Å². The Morgan fingerprint density at radius 3 is 3.30 bits per heavy atom. The Labute approximate surface area is 63.5 Å². The molecule has 0 saturated carbocycles. The molecule has 2 rings (SSSR count). The summed E-state index contributed by atoms with van der Waals surface area (Å²) in [6, 6.07) is 3.42. The van der Waals surface area contributed by atoms with E-state index in [0.717, 1.165) is 17.3 Å². The summed E-state index contributed by atoms with van der Waals surface area (Å²) in [5, 5.41) is 12.0. The second-order valence-electron chi connectivity index (χ2n) is 2.22. The Kier molecular flexibility index (Phi) is 1.31. The van der Waals surface area contributed by atoms with Crippen LogP contribution >= 0.6 is 11.8 Å². The number of aryl methyl sites for hydroxylation is 1. The summed E-state index contributed by atoms with van der Waals surface area (Å²) in [7, 11) is 0. The predicted octanol–water partition coefficient (Wildman–Crippen LogP) is 0.153. The number of thioether (sulfide) groups is 1. The van der Waals surface area contributed by atoms with E-state index in [1.807, 2.05) is 10.8 Å². The van der Waals surface area contributed by atoms with Crippen molar-refractivity contribution in [2.75, 3.05) is 5.75 Å². The molecule has 0 unspecified atom stereocenters. The van der Waals surface area contributed by atoms with Gasteiger partial charge in [0.1, 0.15) is 0 Å². The first-order chi connectivity index (χ1) is 4.88. The molecule has 1 aliphatic heterocycles. The van der Waals surface area contributed by atoms with E-state index in [9.17, 15) is 5.11 Å². The third-order valence-electron chi connectivity index (χ3n) is 1.56. The molecule has 52 valence electrons. The molecule has 0 amide bonds. The lowest BCUT2D eigenvalue weighted by atomic mass is 10.4. The van der Waals surface area contributed by atoms with Crippen LogP contribution in [-0.2, 0) is 6.54 Å². The molecule has 0 N–H and O–H groups in total. The minimum Gasteiger partial charge on any atom is -0.868 e. The number of fused-ring (bicyclic) bond motifs is 1. The molecule has 0 atom stereocenters. The van der Waals surface area contributed by atoms with Crippen molar-refractivity contribution in [3.05, 3.63) is 18.3 Å². The molecular weight excluding hydrogens is 146 g/mol. The van der Waals surface area contributed by atoms with E-state index in [2.05, 4.69) is 0 Å². The molecule has 0 bridgehead atoms. The van der Waals surface area contributed by atoms with Gasteiger partial charge >= 0.3 is 0 Å². The number of pyridine rings is 1. The van der Waals surface area contributed by atoms with Crippen molar-refractivity contribution in [2.45, 2.75) is 11.6 Å². The number of aromatic nitrogens is 1. The maximum atomic E-state index is 11.1. The minimum atomic E-state index is 0.157. The lowest BCUT2D eigenvalue weighted by Crippen LogP contribution is -2.32. The van der Waals surface area contributed by atoms with Crippen molar-refractivity contribution in [1.29, 1.82) is 0 Å². The zero-order valence-corrected chi connectivity index (χ0v) is 6.23. The Hall–Kier alpha value is -0.700. The van der Waals surface area contributed by atoms with Crippen LogP contribution in [0.15, 0.2) is 23.4 Å². The van der Waals surface area contributed by atoms with Crippen LogP contribution in [0.25, 0.3) is 0 Å². The zero-order valence-electron chi connectivity index (χ0n) is 5.41. The van der Waals surface area contributed by atoms with Gasteiger partial charge in [-0.3, -0.25) is 0 Å². The lowest BCUT2D eigenvalue weighted by Gasteiger charge is -2.03. The monoisotopic (exact) mass is 153 g/mol. The Bertz CT molecular complexity index is 262. The first kappa shape index (κ1) is 6.04. The molecular formula is C7H7NOS. The summed E-state index contributed by atoms with van der Waals surface area (Å²) < 4.78 is 2.01. The number of rotatable bonds is 0. The highest BCUT2D eigenvalue weighted by atomic mass is 32.2. The summed E-state index contributed by atoms with van der Waals surface area (Å²) >= 11 is 1.64. The van der Waals surface area contributed by atoms with E-state index < -0.39 is 0 Å². The summed E-state index contributed by atoms with van der Waals surface area (Å²) in [4.78, 5) is 0. The quantitative estimate of drug-likeness (QED) is 0.496. The largest absolute Gasteiger partial charge is 0.868 e. The van der Waals surface area contributed by atoms with Gasteiger partial charge in [-0.1, -0.05) is 17.8 Å². The van der Waals surface area contributed by atoms with Gasteiger partial charge in [-0.2, -0.15) is 4.57 Å². The fourth-order valence-electron chi connectivity index (χ4n) is 1.09. The van der Waals surface area contributed by atoms with Crippen LogP contribution in [0.2, 0.25) is 0 Å². The third kappa shape index (κ3) is 0.778. The number of hydrogen-bond donors (Lipinski definition) is 0. The SMILES string of the molecule is [O-]c1ccc[n+]2c1SCC2. The van der Waals surface area contributed by atoms with Crippen LogP contribution in [0.1, 0.15) is 0 Å². The van der Waals surface area contributed by atoms with Gasteiger partial charge in [0.2, 0.25) is 5.03 Å². The van der Waals surface area contributed by atoms with Gasteiger partial charge < -0.3 is 5.11 Å². The fraction of sp³-hybridized carbons (Fsp3) is 0.286. The lowest BCUT2D eigenvalue weighted by molar-refractivity contribution is -0.726. The first-order valence-electron chi connectivity index (χ1n) is 3.20. The normalized spacial score (nSPS) is 15.2.